The first-order valence-electron chi connectivity index (χ1n) is 8.43. The molecule has 0 aliphatic rings. The van der Waals surface area contributed by atoms with Gasteiger partial charge < -0.3 is 8.85 Å². The van der Waals surface area contributed by atoms with Crippen molar-refractivity contribution >= 4 is 101 Å². The van der Waals surface area contributed by atoms with Crippen LogP contribution in [-0.2, 0) is 8.85 Å². The van der Waals surface area contributed by atoms with Gasteiger partial charge in [0.15, 0.2) is 4.34 Å². The summed E-state index contributed by atoms with van der Waals surface area (Å²) < 4.78 is 14.1. The largest absolute Gasteiger partial charge is 0.395 e. The Morgan fingerprint density at radius 3 is 2.44 bits per heavy atom. The van der Waals surface area contributed by atoms with Gasteiger partial charge in [0, 0.05) is 19.0 Å². The number of aromatic nitrogens is 1. The number of hydrogen-bond acceptors (Lipinski definition) is 11. The lowest BCUT2D eigenvalue weighted by atomic mass is 10.3. The van der Waals surface area contributed by atoms with E-state index in [-0.39, 0.29) is 0 Å². The molecule has 0 spiro atoms. The van der Waals surface area contributed by atoms with E-state index in [1.165, 1.54) is 4.70 Å². The van der Waals surface area contributed by atoms with Crippen LogP contribution in [-0.4, -0.2) is 32.5 Å². The highest BCUT2D eigenvalue weighted by molar-refractivity contribution is 9.46. The Labute approximate surface area is 193 Å². The van der Waals surface area contributed by atoms with Crippen molar-refractivity contribution in [2.45, 2.75) is 37.2 Å². The van der Waals surface area contributed by atoms with Crippen LogP contribution in [0.5, 0.6) is 0 Å². The van der Waals surface area contributed by atoms with E-state index in [4.69, 9.17) is 8.85 Å². The van der Waals surface area contributed by atoms with Crippen LogP contribution in [0.15, 0.2) is 28.6 Å². The van der Waals surface area contributed by atoms with Crippen molar-refractivity contribution < 1.29 is 8.85 Å². The van der Waals surface area contributed by atoms with E-state index >= 15 is 0 Å². The summed E-state index contributed by atoms with van der Waals surface area (Å²) in [7, 11) is 10.8. The van der Waals surface area contributed by atoms with Gasteiger partial charge in [-0.2, -0.15) is 0 Å². The summed E-state index contributed by atoms with van der Waals surface area (Å²) >= 11 is 1.76. The summed E-state index contributed by atoms with van der Waals surface area (Å²) in [5.74, 6) is 1.14. The van der Waals surface area contributed by atoms with Crippen LogP contribution in [0.2, 0.25) is 12.6 Å². The maximum atomic E-state index is 5.88. The van der Waals surface area contributed by atoms with Crippen molar-refractivity contribution in [3.8, 4) is 0 Å². The zero-order valence-electron chi connectivity index (χ0n) is 15.4. The molecule has 0 fully saturated rings. The minimum atomic E-state index is -1.93. The van der Waals surface area contributed by atoms with E-state index in [1.54, 1.807) is 41.8 Å². The van der Waals surface area contributed by atoms with E-state index in [0.717, 1.165) is 41.3 Å². The number of benzene rings is 1. The van der Waals surface area contributed by atoms with Gasteiger partial charge in [0.1, 0.15) is 0 Å². The Hall–Kier alpha value is 1.70. The average Bonchev–Trinajstić information content (AvgIpc) is 3.06. The Morgan fingerprint density at radius 2 is 1.70 bits per heavy atom. The van der Waals surface area contributed by atoms with E-state index < -0.39 is 8.56 Å². The summed E-state index contributed by atoms with van der Waals surface area (Å²) in [5.41, 5.74) is 1.09. The van der Waals surface area contributed by atoms with Gasteiger partial charge in [0.2, 0.25) is 0 Å². The summed E-state index contributed by atoms with van der Waals surface area (Å²) in [6, 6.07) is 9.37. The standard InChI is InChI=1S/C15H23NO2S8Si/c1-4-17-27(3,18-5-2)12-8-11-19-22-24-26-25-23-21-15-16-13-9-6-7-10-14(13)20-15/h6-7,9-10H,4-5,8,11-12H2,1-3H3. The fraction of sp³-hybridized carbons (Fsp3) is 0.533. The number of hydrogen-bond donors (Lipinski definition) is 0. The van der Waals surface area contributed by atoms with E-state index in [0.29, 0.717) is 0 Å². The van der Waals surface area contributed by atoms with E-state index in [1.807, 2.05) is 60.2 Å². The number of thiazole rings is 1. The second kappa shape index (κ2) is 14.7. The normalized spacial score (nSPS) is 12.1. The Morgan fingerprint density at radius 1 is 1.00 bits per heavy atom. The van der Waals surface area contributed by atoms with Crippen LogP contribution in [0.25, 0.3) is 10.2 Å². The highest BCUT2D eigenvalue weighted by atomic mass is 33.9. The molecule has 0 saturated heterocycles. The molecule has 1 aromatic heterocycles. The first-order valence-corrected chi connectivity index (χ1v) is 20.8. The molecule has 27 heavy (non-hydrogen) atoms. The zero-order chi connectivity index (χ0) is 19.4. The third-order valence-electron chi connectivity index (χ3n) is 3.30. The molecule has 2 aromatic rings. The van der Waals surface area contributed by atoms with Crippen molar-refractivity contribution in [2.24, 2.45) is 0 Å². The molecule has 0 atom stereocenters. The topological polar surface area (TPSA) is 31.4 Å². The van der Waals surface area contributed by atoms with Gasteiger partial charge in [0.25, 0.3) is 0 Å². The van der Waals surface area contributed by atoms with Crippen LogP contribution >= 0.6 is 82.1 Å². The lowest BCUT2D eigenvalue weighted by Gasteiger charge is -2.25. The molecule has 152 valence electrons. The SMILES string of the molecule is CCO[Si](C)(CCCSSSSSSSc1nc2ccccc2s1)OCC. The summed E-state index contributed by atoms with van der Waals surface area (Å²) in [4.78, 5) is 4.63. The van der Waals surface area contributed by atoms with Gasteiger partial charge in [0.05, 0.1) is 10.2 Å². The highest BCUT2D eigenvalue weighted by Crippen LogP contribution is 2.56. The Bertz CT molecular complexity index is 623. The van der Waals surface area contributed by atoms with Crippen molar-refractivity contribution in [3.63, 3.8) is 0 Å². The monoisotopic (exact) mass is 533 g/mol. The molecule has 0 bridgehead atoms. The van der Waals surface area contributed by atoms with E-state index in [2.05, 4.69) is 29.7 Å². The zero-order valence-corrected chi connectivity index (χ0v) is 22.9. The summed E-state index contributed by atoms with van der Waals surface area (Å²) in [6.45, 7) is 7.78. The van der Waals surface area contributed by atoms with E-state index in [9.17, 15) is 0 Å². The predicted molar refractivity (Wildman–Crippen MR) is 140 cm³/mol. The molecule has 0 saturated carbocycles. The second-order valence-electron chi connectivity index (χ2n) is 5.30. The lowest BCUT2D eigenvalue weighted by Crippen LogP contribution is -2.38. The molecule has 0 unspecified atom stereocenters. The molecule has 1 aromatic carbocycles. The van der Waals surface area contributed by atoms with Crippen LogP contribution in [0.3, 0.4) is 0 Å². The molecule has 0 aliphatic heterocycles. The minimum Gasteiger partial charge on any atom is -0.395 e. The molecule has 0 aliphatic carbocycles. The fourth-order valence-electron chi connectivity index (χ4n) is 2.27. The lowest BCUT2D eigenvalue weighted by molar-refractivity contribution is 0.189. The van der Waals surface area contributed by atoms with Gasteiger partial charge >= 0.3 is 8.56 Å². The van der Waals surface area contributed by atoms with Gasteiger partial charge in [-0.05, 0) is 105 Å². The van der Waals surface area contributed by atoms with Gasteiger partial charge in [-0.1, -0.05) is 22.9 Å². The molecule has 1 heterocycles. The van der Waals surface area contributed by atoms with Gasteiger partial charge in [-0.15, -0.1) is 11.3 Å². The van der Waals surface area contributed by atoms with Crippen molar-refractivity contribution in [2.75, 3.05) is 19.0 Å². The van der Waals surface area contributed by atoms with Crippen molar-refractivity contribution in [1.82, 2.24) is 4.98 Å². The maximum Gasteiger partial charge on any atom is 0.334 e. The Kier molecular flexibility index (Phi) is 13.6. The molecule has 0 amide bonds. The van der Waals surface area contributed by atoms with Crippen LogP contribution in [0, 0.1) is 0 Å². The molecule has 0 N–H and O–H groups in total. The summed E-state index contributed by atoms with van der Waals surface area (Å²) in [6.07, 6.45) is 1.15. The first kappa shape index (κ1) is 25.0. The third-order valence-corrected chi connectivity index (χ3v) is 20.7. The first-order chi connectivity index (χ1) is 13.2. The average molecular weight is 534 g/mol. The van der Waals surface area contributed by atoms with Gasteiger partial charge in [-0.25, -0.2) is 4.98 Å². The molecule has 2 rings (SSSR count). The van der Waals surface area contributed by atoms with Crippen molar-refractivity contribution in [3.05, 3.63) is 24.3 Å². The predicted octanol–water partition coefficient (Wildman–Crippen LogP) is 8.81. The van der Waals surface area contributed by atoms with Crippen LogP contribution in [0.1, 0.15) is 20.3 Å². The molecule has 0 radical (unpaired) electrons. The molecule has 3 nitrogen and oxygen atoms in total. The molecular formula is C15H23NO2S8Si. The van der Waals surface area contributed by atoms with Crippen LogP contribution < -0.4 is 0 Å². The number of nitrogens with zero attached hydrogens (tertiary/aromatic N) is 1. The Balaban J connectivity index is 1.46. The third kappa shape index (κ3) is 10.0. The summed E-state index contributed by atoms with van der Waals surface area (Å²) in [5, 5.41) is 0. The smallest absolute Gasteiger partial charge is 0.334 e. The maximum absolute atomic E-state index is 5.88. The van der Waals surface area contributed by atoms with Crippen LogP contribution in [0.4, 0.5) is 0 Å². The second-order valence-corrected chi connectivity index (χ2v) is 21.2. The van der Waals surface area contributed by atoms with Crippen molar-refractivity contribution in [1.29, 1.82) is 0 Å². The quantitative estimate of drug-likeness (QED) is 0.126. The number of rotatable bonds is 15. The molecular weight excluding hydrogens is 511 g/mol. The fourth-order valence-corrected chi connectivity index (χ4v) is 20.5. The number of para-hydroxylation sites is 1. The minimum absolute atomic E-state index is 0.751. The van der Waals surface area contributed by atoms with Gasteiger partial charge in [-0.3, -0.25) is 0 Å². The number of fused-ring (bicyclic) bond motifs is 1. The molecule has 12 heteroatoms. The highest BCUT2D eigenvalue weighted by Gasteiger charge is 2.29.